The summed E-state index contributed by atoms with van der Waals surface area (Å²) in [7, 11) is 0. The van der Waals surface area contributed by atoms with Crippen LogP contribution in [0.1, 0.15) is 35.8 Å². The molecule has 5 heteroatoms. The van der Waals surface area contributed by atoms with Crippen LogP contribution in [-0.2, 0) is 19.4 Å². The van der Waals surface area contributed by atoms with Crippen molar-refractivity contribution >= 4 is 22.9 Å². The summed E-state index contributed by atoms with van der Waals surface area (Å²) in [5.41, 5.74) is 0. The first kappa shape index (κ1) is 12.6. The number of hydrogen-bond donors (Lipinski definition) is 0. The van der Waals surface area contributed by atoms with Gasteiger partial charge in [0.2, 0.25) is 5.28 Å². The van der Waals surface area contributed by atoms with Gasteiger partial charge in [-0.1, -0.05) is 13.8 Å². The molecule has 0 fully saturated rings. The zero-order valence-electron chi connectivity index (χ0n) is 10.1. The van der Waals surface area contributed by atoms with Crippen LogP contribution in [0, 0.1) is 0 Å². The van der Waals surface area contributed by atoms with Crippen LogP contribution < -0.4 is 0 Å². The lowest BCUT2D eigenvalue weighted by atomic mass is 10.3. The second-order valence-corrected chi connectivity index (χ2v) is 5.53. The average Bonchev–Trinajstić information content (AvgIpc) is 2.91. The van der Waals surface area contributed by atoms with Crippen molar-refractivity contribution in [1.29, 1.82) is 0 Å². The van der Waals surface area contributed by atoms with E-state index < -0.39 is 0 Å². The summed E-state index contributed by atoms with van der Waals surface area (Å²) in [5.74, 6) is 0.976. The van der Waals surface area contributed by atoms with Crippen LogP contribution in [0.15, 0.2) is 12.1 Å². The van der Waals surface area contributed by atoms with Gasteiger partial charge in [0, 0.05) is 16.2 Å². The lowest BCUT2D eigenvalue weighted by Gasteiger charge is -2.04. The van der Waals surface area contributed by atoms with Crippen LogP contribution in [0.3, 0.4) is 0 Å². The highest BCUT2D eigenvalue weighted by molar-refractivity contribution is 7.11. The van der Waals surface area contributed by atoms with Crippen molar-refractivity contribution in [3.8, 4) is 0 Å². The molecule has 0 aliphatic rings. The van der Waals surface area contributed by atoms with E-state index in [4.69, 9.17) is 11.6 Å². The summed E-state index contributed by atoms with van der Waals surface area (Å²) in [6.07, 6.45) is 3.06. The van der Waals surface area contributed by atoms with E-state index in [-0.39, 0.29) is 0 Å². The molecule has 0 radical (unpaired) electrons. The van der Waals surface area contributed by atoms with Crippen molar-refractivity contribution in [2.45, 2.75) is 39.7 Å². The van der Waals surface area contributed by atoms with E-state index in [0.29, 0.717) is 5.28 Å². The summed E-state index contributed by atoms with van der Waals surface area (Å²) in [5, 5.41) is 8.54. The maximum Gasteiger partial charge on any atom is 0.225 e. The van der Waals surface area contributed by atoms with Crippen molar-refractivity contribution in [2.24, 2.45) is 0 Å². The Hall–Kier alpha value is -0.870. The molecule has 0 saturated carbocycles. The van der Waals surface area contributed by atoms with Crippen LogP contribution in [0.4, 0.5) is 0 Å². The molecule has 0 unspecified atom stereocenters. The number of nitrogens with zero attached hydrogens (tertiary/aromatic N) is 3. The molecule has 17 heavy (non-hydrogen) atoms. The Morgan fingerprint density at radius 3 is 2.65 bits per heavy atom. The molecular weight excluding hydrogens is 254 g/mol. The minimum atomic E-state index is 0.486. The van der Waals surface area contributed by atoms with Crippen molar-refractivity contribution < 1.29 is 0 Å². The van der Waals surface area contributed by atoms with E-state index in [1.54, 1.807) is 0 Å². The monoisotopic (exact) mass is 269 g/mol. The van der Waals surface area contributed by atoms with Crippen LogP contribution in [0.5, 0.6) is 0 Å². The van der Waals surface area contributed by atoms with Gasteiger partial charge in [-0.3, -0.25) is 4.57 Å². The molecule has 0 aliphatic heterocycles. The molecular formula is C12H16ClN3S. The summed E-state index contributed by atoms with van der Waals surface area (Å²) in [6.45, 7) is 5.09. The molecule has 0 N–H and O–H groups in total. The Kier molecular flexibility index (Phi) is 4.18. The minimum Gasteiger partial charge on any atom is -0.296 e. The standard InChI is InChI=1S/C12H16ClN3S/c1-3-5-11-14-15-12(13)16(11)8-10-7-6-9(4-2)17-10/h6-7H,3-5,8H2,1-2H3. The minimum absolute atomic E-state index is 0.486. The first-order chi connectivity index (χ1) is 8.24. The summed E-state index contributed by atoms with van der Waals surface area (Å²) < 4.78 is 2.00. The van der Waals surface area contributed by atoms with Crippen molar-refractivity contribution in [2.75, 3.05) is 0 Å². The molecule has 0 spiro atoms. The third kappa shape index (κ3) is 2.87. The number of aromatic nitrogens is 3. The van der Waals surface area contributed by atoms with Crippen molar-refractivity contribution in [3.05, 3.63) is 33.0 Å². The Morgan fingerprint density at radius 2 is 2.00 bits per heavy atom. The molecule has 0 saturated heterocycles. The fourth-order valence-corrected chi connectivity index (χ4v) is 2.87. The fourth-order valence-electron chi connectivity index (χ4n) is 1.73. The van der Waals surface area contributed by atoms with E-state index >= 15 is 0 Å². The van der Waals surface area contributed by atoms with Crippen LogP contribution in [-0.4, -0.2) is 14.8 Å². The van der Waals surface area contributed by atoms with E-state index in [0.717, 1.165) is 31.6 Å². The fraction of sp³-hybridized carbons (Fsp3) is 0.500. The summed E-state index contributed by atoms with van der Waals surface area (Å²) in [4.78, 5) is 2.71. The Morgan fingerprint density at radius 1 is 1.24 bits per heavy atom. The van der Waals surface area contributed by atoms with Gasteiger partial charge in [-0.2, -0.15) is 0 Å². The van der Waals surface area contributed by atoms with Crippen molar-refractivity contribution in [3.63, 3.8) is 0 Å². The maximum atomic E-state index is 6.07. The molecule has 2 aromatic heterocycles. The maximum absolute atomic E-state index is 6.07. The Balaban J connectivity index is 2.19. The van der Waals surface area contributed by atoms with E-state index in [1.807, 2.05) is 15.9 Å². The molecule has 0 atom stereocenters. The molecule has 2 heterocycles. The third-order valence-corrected chi connectivity index (χ3v) is 4.13. The number of aryl methyl sites for hydroxylation is 2. The largest absolute Gasteiger partial charge is 0.296 e. The Labute approximate surface area is 110 Å². The Bertz CT molecular complexity index is 490. The lowest BCUT2D eigenvalue weighted by Crippen LogP contribution is -2.04. The average molecular weight is 270 g/mol. The molecule has 2 aromatic rings. The predicted octanol–water partition coefficient (Wildman–Crippen LogP) is 3.56. The normalized spacial score (nSPS) is 11.0. The number of hydrogen-bond acceptors (Lipinski definition) is 3. The van der Waals surface area contributed by atoms with E-state index in [1.165, 1.54) is 9.75 Å². The quantitative estimate of drug-likeness (QED) is 0.831. The zero-order valence-corrected chi connectivity index (χ0v) is 11.7. The highest BCUT2D eigenvalue weighted by Crippen LogP contribution is 2.20. The van der Waals surface area contributed by atoms with Crippen LogP contribution in [0.2, 0.25) is 5.28 Å². The first-order valence-electron chi connectivity index (χ1n) is 5.89. The number of thiophene rings is 1. The van der Waals surface area contributed by atoms with Gasteiger partial charge in [0.25, 0.3) is 0 Å². The van der Waals surface area contributed by atoms with Gasteiger partial charge in [-0.05, 0) is 36.6 Å². The van der Waals surface area contributed by atoms with Gasteiger partial charge in [-0.25, -0.2) is 0 Å². The van der Waals surface area contributed by atoms with Gasteiger partial charge in [-0.15, -0.1) is 21.5 Å². The predicted molar refractivity (Wildman–Crippen MR) is 71.8 cm³/mol. The summed E-state index contributed by atoms with van der Waals surface area (Å²) in [6, 6.07) is 4.34. The van der Waals surface area contributed by atoms with Gasteiger partial charge < -0.3 is 0 Å². The van der Waals surface area contributed by atoms with Gasteiger partial charge in [0.15, 0.2) is 0 Å². The second kappa shape index (κ2) is 5.65. The van der Waals surface area contributed by atoms with Crippen LogP contribution >= 0.6 is 22.9 Å². The SMILES string of the molecule is CCCc1nnc(Cl)n1Cc1ccc(CC)s1. The third-order valence-electron chi connectivity index (χ3n) is 2.64. The molecule has 0 bridgehead atoms. The molecule has 0 aliphatic carbocycles. The highest BCUT2D eigenvalue weighted by atomic mass is 35.5. The van der Waals surface area contributed by atoms with Crippen molar-refractivity contribution in [1.82, 2.24) is 14.8 Å². The van der Waals surface area contributed by atoms with Gasteiger partial charge >= 0.3 is 0 Å². The zero-order chi connectivity index (χ0) is 12.3. The second-order valence-electron chi connectivity index (χ2n) is 3.94. The smallest absolute Gasteiger partial charge is 0.225 e. The highest BCUT2D eigenvalue weighted by Gasteiger charge is 2.10. The van der Waals surface area contributed by atoms with Gasteiger partial charge in [0.05, 0.1) is 6.54 Å². The van der Waals surface area contributed by atoms with Gasteiger partial charge in [0.1, 0.15) is 5.82 Å². The van der Waals surface area contributed by atoms with E-state index in [9.17, 15) is 0 Å². The molecule has 92 valence electrons. The lowest BCUT2D eigenvalue weighted by molar-refractivity contribution is 0.711. The molecule has 3 nitrogen and oxygen atoms in total. The molecule has 0 aromatic carbocycles. The topological polar surface area (TPSA) is 30.7 Å². The first-order valence-corrected chi connectivity index (χ1v) is 7.09. The number of halogens is 1. The van der Waals surface area contributed by atoms with Crippen LogP contribution in [0.25, 0.3) is 0 Å². The van der Waals surface area contributed by atoms with E-state index in [2.05, 4.69) is 36.2 Å². The number of rotatable bonds is 5. The molecule has 2 rings (SSSR count). The summed E-state index contributed by atoms with van der Waals surface area (Å²) >= 11 is 7.90. The molecule has 0 amide bonds.